The molecule has 1 aromatic rings. The Kier molecular flexibility index (Phi) is 2.46. The van der Waals surface area contributed by atoms with Crippen LogP contribution < -0.4 is 5.43 Å². The van der Waals surface area contributed by atoms with Gasteiger partial charge in [-0.2, -0.15) is 0 Å². The van der Waals surface area contributed by atoms with Crippen LogP contribution in [-0.4, -0.2) is 16.5 Å². The van der Waals surface area contributed by atoms with E-state index in [1.165, 1.54) is 0 Å². The molecule has 0 bridgehead atoms. The van der Waals surface area contributed by atoms with Crippen molar-refractivity contribution in [3.63, 3.8) is 0 Å². The van der Waals surface area contributed by atoms with Crippen LogP contribution in [0.2, 0.25) is 0 Å². The van der Waals surface area contributed by atoms with E-state index in [-0.39, 0.29) is 11.4 Å². The molecule has 0 atom stereocenters. The highest BCUT2D eigenvalue weighted by molar-refractivity contribution is 5.94. The van der Waals surface area contributed by atoms with E-state index >= 15 is 0 Å². The van der Waals surface area contributed by atoms with Gasteiger partial charge in [-0.25, -0.2) is 5.01 Å². The first kappa shape index (κ1) is 10.7. The summed E-state index contributed by atoms with van der Waals surface area (Å²) in [5, 5.41) is 1.66. The molecule has 2 rings (SSSR count). The third-order valence-electron chi connectivity index (χ3n) is 2.66. The summed E-state index contributed by atoms with van der Waals surface area (Å²) in [4.78, 5) is 12.2. The second kappa shape index (κ2) is 3.67. The van der Waals surface area contributed by atoms with Crippen molar-refractivity contribution in [3.05, 3.63) is 47.7 Å². The first-order valence-corrected chi connectivity index (χ1v) is 5.36. The maximum absolute atomic E-state index is 12.2. The van der Waals surface area contributed by atoms with Crippen molar-refractivity contribution < 1.29 is 4.79 Å². The van der Waals surface area contributed by atoms with Crippen molar-refractivity contribution in [2.75, 3.05) is 0 Å². The van der Waals surface area contributed by atoms with Gasteiger partial charge in [-0.3, -0.25) is 10.2 Å². The Hall–Kier alpha value is -1.77. The van der Waals surface area contributed by atoms with E-state index in [1.807, 2.05) is 57.2 Å². The minimum atomic E-state index is -0.281. The number of nitrogens with zero attached hydrogens (tertiary/aromatic N) is 1. The highest BCUT2D eigenvalue weighted by Crippen LogP contribution is 2.24. The molecule has 0 aromatic heterocycles. The Morgan fingerprint density at radius 3 is 2.38 bits per heavy atom. The average Bonchev–Trinajstić information content (AvgIpc) is 2.52. The van der Waals surface area contributed by atoms with Crippen LogP contribution in [0.4, 0.5) is 0 Å². The summed E-state index contributed by atoms with van der Waals surface area (Å²) >= 11 is 0. The molecular weight excluding hydrogens is 200 g/mol. The number of allylic oxidation sites excluding steroid dienone is 1. The third kappa shape index (κ3) is 1.81. The fourth-order valence-electron chi connectivity index (χ4n) is 1.97. The smallest absolute Gasteiger partial charge is 0.273 e. The number of nitrogens with one attached hydrogen (secondary N) is 1. The number of carbonyl (C=O) groups is 1. The molecule has 84 valence electrons. The highest BCUT2D eigenvalue weighted by Gasteiger charge is 2.34. The van der Waals surface area contributed by atoms with E-state index in [2.05, 4.69) is 5.43 Å². The van der Waals surface area contributed by atoms with E-state index in [4.69, 9.17) is 0 Å². The zero-order valence-electron chi connectivity index (χ0n) is 9.82. The Balaban J connectivity index is 2.26. The summed E-state index contributed by atoms with van der Waals surface area (Å²) in [6, 6.07) is 9.30. The molecule has 3 nitrogen and oxygen atoms in total. The van der Waals surface area contributed by atoms with Gasteiger partial charge in [0.05, 0.1) is 5.54 Å². The lowest BCUT2D eigenvalue weighted by Gasteiger charge is -2.30. The zero-order valence-corrected chi connectivity index (χ0v) is 9.82. The summed E-state index contributed by atoms with van der Waals surface area (Å²) in [5.41, 5.74) is 4.52. The molecular formula is C13H16N2O. The van der Waals surface area contributed by atoms with Crippen LogP contribution in [0.25, 0.3) is 0 Å². The Labute approximate surface area is 95.7 Å². The predicted molar refractivity (Wildman–Crippen MR) is 63.6 cm³/mol. The minimum absolute atomic E-state index is 0.00120. The van der Waals surface area contributed by atoms with Crippen LogP contribution in [-0.2, 0) is 0 Å². The second-order valence-electron chi connectivity index (χ2n) is 4.60. The van der Waals surface area contributed by atoms with Gasteiger partial charge in [0.15, 0.2) is 0 Å². The van der Waals surface area contributed by atoms with Crippen LogP contribution >= 0.6 is 0 Å². The van der Waals surface area contributed by atoms with Gasteiger partial charge < -0.3 is 0 Å². The normalized spacial score (nSPS) is 17.9. The number of amides is 1. The third-order valence-corrected chi connectivity index (χ3v) is 2.66. The summed E-state index contributed by atoms with van der Waals surface area (Å²) in [5.74, 6) is -0.00120. The molecule has 0 unspecified atom stereocenters. The molecule has 3 heteroatoms. The van der Waals surface area contributed by atoms with E-state index in [0.717, 1.165) is 5.70 Å². The second-order valence-corrected chi connectivity index (χ2v) is 4.60. The van der Waals surface area contributed by atoms with Crippen molar-refractivity contribution in [1.82, 2.24) is 10.4 Å². The fraction of sp³-hybridized carbons (Fsp3) is 0.308. The number of hydrazine groups is 1. The van der Waals surface area contributed by atoms with Gasteiger partial charge in [0, 0.05) is 11.3 Å². The first-order valence-electron chi connectivity index (χ1n) is 5.36. The van der Waals surface area contributed by atoms with Crippen LogP contribution in [0.1, 0.15) is 31.1 Å². The molecule has 0 saturated carbocycles. The molecule has 1 amide bonds. The Bertz CT molecular complexity index is 435. The maximum Gasteiger partial charge on any atom is 0.273 e. The molecule has 1 aromatic carbocycles. The van der Waals surface area contributed by atoms with Crippen molar-refractivity contribution in [2.45, 2.75) is 26.3 Å². The van der Waals surface area contributed by atoms with E-state index in [0.29, 0.717) is 5.56 Å². The lowest BCUT2D eigenvalue weighted by atomic mass is 10.0. The van der Waals surface area contributed by atoms with Gasteiger partial charge in [-0.1, -0.05) is 18.2 Å². The molecule has 0 aliphatic carbocycles. The molecule has 0 fully saturated rings. The van der Waals surface area contributed by atoms with E-state index < -0.39 is 0 Å². The lowest BCUT2D eigenvalue weighted by Crippen LogP contribution is -2.48. The van der Waals surface area contributed by atoms with E-state index in [9.17, 15) is 4.79 Å². The van der Waals surface area contributed by atoms with Crippen LogP contribution in [0.15, 0.2) is 42.1 Å². The van der Waals surface area contributed by atoms with Gasteiger partial charge in [-0.05, 0) is 39.0 Å². The topological polar surface area (TPSA) is 32.3 Å². The standard InChI is InChI=1S/C13H16N2O/c1-10-9-13(2,3)15(14-10)12(16)11-7-5-4-6-8-11/h4-9,14H,1-3H3. The summed E-state index contributed by atoms with van der Waals surface area (Å²) in [6.07, 6.45) is 2.05. The molecule has 0 saturated heterocycles. The lowest BCUT2D eigenvalue weighted by molar-refractivity contribution is 0.0565. The molecule has 1 aliphatic rings. The van der Waals surface area contributed by atoms with Gasteiger partial charge >= 0.3 is 0 Å². The zero-order chi connectivity index (χ0) is 11.8. The molecule has 0 spiro atoms. The molecule has 1 heterocycles. The van der Waals surface area contributed by atoms with Crippen LogP contribution in [0.3, 0.4) is 0 Å². The molecule has 0 radical (unpaired) electrons. The number of hydrogen-bond acceptors (Lipinski definition) is 2. The highest BCUT2D eigenvalue weighted by atomic mass is 16.2. The summed E-state index contributed by atoms with van der Waals surface area (Å²) in [6.45, 7) is 5.98. The number of hydrogen-bond donors (Lipinski definition) is 1. The Morgan fingerprint density at radius 2 is 1.88 bits per heavy atom. The maximum atomic E-state index is 12.2. The minimum Gasteiger partial charge on any atom is -0.300 e. The summed E-state index contributed by atoms with van der Waals surface area (Å²) in [7, 11) is 0. The fourth-order valence-corrected chi connectivity index (χ4v) is 1.97. The van der Waals surface area contributed by atoms with Gasteiger partial charge in [0.25, 0.3) is 5.91 Å². The predicted octanol–water partition coefficient (Wildman–Crippen LogP) is 2.33. The van der Waals surface area contributed by atoms with Crippen molar-refractivity contribution >= 4 is 5.91 Å². The molecule has 1 aliphatic heterocycles. The average molecular weight is 216 g/mol. The van der Waals surface area contributed by atoms with Crippen LogP contribution in [0, 0.1) is 0 Å². The summed E-state index contributed by atoms with van der Waals surface area (Å²) < 4.78 is 0. The SMILES string of the molecule is CC1=CC(C)(C)N(C(=O)c2ccccc2)N1. The number of carbonyl (C=O) groups excluding carboxylic acids is 1. The first-order chi connectivity index (χ1) is 7.50. The Morgan fingerprint density at radius 1 is 1.25 bits per heavy atom. The molecule has 16 heavy (non-hydrogen) atoms. The van der Waals surface area contributed by atoms with Crippen LogP contribution in [0.5, 0.6) is 0 Å². The van der Waals surface area contributed by atoms with Gasteiger partial charge in [-0.15, -0.1) is 0 Å². The van der Waals surface area contributed by atoms with Crippen molar-refractivity contribution in [3.8, 4) is 0 Å². The quantitative estimate of drug-likeness (QED) is 0.781. The van der Waals surface area contributed by atoms with Gasteiger partial charge in [0.1, 0.15) is 0 Å². The van der Waals surface area contributed by atoms with Gasteiger partial charge in [0.2, 0.25) is 0 Å². The van der Waals surface area contributed by atoms with Crippen molar-refractivity contribution in [2.24, 2.45) is 0 Å². The van der Waals surface area contributed by atoms with Crippen molar-refractivity contribution in [1.29, 1.82) is 0 Å². The monoisotopic (exact) mass is 216 g/mol. The largest absolute Gasteiger partial charge is 0.300 e. The number of rotatable bonds is 1. The van der Waals surface area contributed by atoms with E-state index in [1.54, 1.807) is 5.01 Å². The molecule has 1 N–H and O–H groups in total. The number of benzene rings is 1.